The fourth-order valence-electron chi connectivity index (χ4n) is 3.65. The van der Waals surface area contributed by atoms with E-state index in [-0.39, 0.29) is 5.41 Å². The topological polar surface area (TPSA) is 17.8 Å². The predicted octanol–water partition coefficient (Wildman–Crippen LogP) is 7.73. The first-order valence-electron chi connectivity index (χ1n) is 11.5. The van der Waals surface area contributed by atoms with Crippen LogP contribution in [0.4, 0.5) is 0 Å². The first kappa shape index (κ1) is 22.8. The number of hydrogen-bond donors (Lipinski definition) is 0. The third kappa shape index (κ3) is 5.53. The van der Waals surface area contributed by atoms with Crippen molar-refractivity contribution in [2.75, 3.05) is 0 Å². The van der Waals surface area contributed by atoms with Gasteiger partial charge in [0.2, 0.25) is 0 Å². The van der Waals surface area contributed by atoms with E-state index in [1.54, 1.807) is 0 Å². The molecule has 0 aliphatic heterocycles. The molecule has 0 N–H and O–H groups in total. The fraction of sp³-hybridized carbons (Fsp3) is 0.233. The molecule has 0 aliphatic rings. The third-order valence-electron chi connectivity index (χ3n) is 5.50. The van der Waals surface area contributed by atoms with Crippen molar-refractivity contribution in [3.8, 4) is 39.7 Å². The van der Waals surface area contributed by atoms with E-state index in [4.69, 9.17) is 5.10 Å². The van der Waals surface area contributed by atoms with Crippen LogP contribution in [0.3, 0.4) is 0 Å². The summed E-state index contributed by atoms with van der Waals surface area (Å²) < 4.78 is 2.04. The van der Waals surface area contributed by atoms with Crippen LogP contribution in [0.1, 0.15) is 31.9 Å². The molecule has 4 aromatic rings. The van der Waals surface area contributed by atoms with E-state index in [9.17, 15) is 0 Å². The van der Waals surface area contributed by atoms with Gasteiger partial charge in [0.05, 0.1) is 17.1 Å². The second-order valence-electron chi connectivity index (χ2n) is 10.6. The Bertz CT molecular complexity index is 1310. The van der Waals surface area contributed by atoms with Crippen molar-refractivity contribution in [3.05, 3.63) is 96.1 Å². The zero-order chi connectivity index (χ0) is 23.6. The highest BCUT2D eigenvalue weighted by Gasteiger charge is 2.16. The van der Waals surface area contributed by atoms with Crippen molar-refractivity contribution < 1.29 is 0 Å². The van der Waals surface area contributed by atoms with Gasteiger partial charge in [-0.15, -0.1) is 5.54 Å². The molecule has 0 atom stereocenters. The molecule has 0 radical (unpaired) electrons. The number of para-hydroxylation sites is 1. The van der Waals surface area contributed by atoms with Crippen molar-refractivity contribution >= 4 is 8.07 Å². The van der Waals surface area contributed by atoms with E-state index in [2.05, 4.69) is 131 Å². The fourth-order valence-corrected chi connectivity index (χ4v) is 4.17. The Labute approximate surface area is 199 Å². The lowest BCUT2D eigenvalue weighted by molar-refractivity contribution is 0.590. The Kier molecular flexibility index (Phi) is 6.15. The quantitative estimate of drug-likeness (QED) is 0.231. The van der Waals surface area contributed by atoms with Gasteiger partial charge in [-0.25, -0.2) is 4.68 Å². The molecule has 4 rings (SSSR count). The van der Waals surface area contributed by atoms with Gasteiger partial charge in [-0.1, -0.05) is 101 Å². The molecule has 0 saturated heterocycles. The van der Waals surface area contributed by atoms with Crippen LogP contribution in [0.25, 0.3) is 28.2 Å². The van der Waals surface area contributed by atoms with Gasteiger partial charge in [-0.05, 0) is 41.3 Å². The van der Waals surface area contributed by atoms with Gasteiger partial charge in [0.25, 0.3) is 0 Å². The molecule has 0 bridgehead atoms. The first-order chi connectivity index (χ1) is 15.6. The van der Waals surface area contributed by atoms with E-state index in [0.29, 0.717) is 0 Å². The van der Waals surface area contributed by atoms with Crippen LogP contribution in [0, 0.1) is 11.5 Å². The maximum absolute atomic E-state index is 5.03. The number of hydrogen-bond acceptors (Lipinski definition) is 1. The molecule has 0 spiro atoms. The van der Waals surface area contributed by atoms with Crippen LogP contribution in [0.15, 0.2) is 84.9 Å². The minimum Gasteiger partial charge on any atom is -0.232 e. The van der Waals surface area contributed by atoms with Crippen LogP contribution in [-0.2, 0) is 5.41 Å². The average molecular weight is 449 g/mol. The zero-order valence-corrected chi connectivity index (χ0v) is 21.5. The van der Waals surface area contributed by atoms with Gasteiger partial charge in [-0.2, -0.15) is 5.10 Å². The predicted molar refractivity (Wildman–Crippen MR) is 143 cm³/mol. The van der Waals surface area contributed by atoms with Gasteiger partial charge < -0.3 is 0 Å². The number of rotatable bonds is 3. The van der Waals surface area contributed by atoms with Gasteiger partial charge in [-0.3, -0.25) is 0 Å². The molecule has 0 aliphatic carbocycles. The maximum atomic E-state index is 5.03. The van der Waals surface area contributed by atoms with E-state index < -0.39 is 8.07 Å². The van der Waals surface area contributed by atoms with Crippen molar-refractivity contribution in [2.24, 2.45) is 0 Å². The van der Waals surface area contributed by atoms with Crippen molar-refractivity contribution in [2.45, 2.75) is 45.8 Å². The maximum Gasteiger partial charge on any atom is 0.129 e. The molecule has 33 heavy (non-hydrogen) atoms. The Morgan fingerprint density at radius 3 is 2.09 bits per heavy atom. The standard InChI is InChI=1S/C30H32N2Si/c1-30(2,3)26-17-15-24(16-18-26)29-22-28(31-32(29)27-13-8-7-9-14-27)25-12-10-11-23(21-25)19-20-33(4,5)6/h7-18,21-22H,1-6H3. The second kappa shape index (κ2) is 8.88. The summed E-state index contributed by atoms with van der Waals surface area (Å²) >= 11 is 0. The highest BCUT2D eigenvalue weighted by molar-refractivity contribution is 6.83. The normalized spacial score (nSPS) is 11.7. The second-order valence-corrected chi connectivity index (χ2v) is 15.3. The Morgan fingerprint density at radius 1 is 0.758 bits per heavy atom. The van der Waals surface area contributed by atoms with E-state index in [1.165, 1.54) is 5.56 Å². The highest BCUT2D eigenvalue weighted by atomic mass is 28.3. The van der Waals surface area contributed by atoms with Crippen molar-refractivity contribution in [3.63, 3.8) is 0 Å². The monoisotopic (exact) mass is 448 g/mol. The van der Waals surface area contributed by atoms with Crippen molar-refractivity contribution in [1.29, 1.82) is 0 Å². The van der Waals surface area contributed by atoms with Crippen LogP contribution < -0.4 is 0 Å². The third-order valence-corrected chi connectivity index (χ3v) is 6.37. The molecule has 3 heteroatoms. The van der Waals surface area contributed by atoms with Gasteiger partial charge in [0.15, 0.2) is 0 Å². The molecule has 0 amide bonds. The van der Waals surface area contributed by atoms with Crippen LogP contribution >= 0.6 is 0 Å². The molecule has 2 nitrogen and oxygen atoms in total. The van der Waals surface area contributed by atoms with E-state index in [0.717, 1.165) is 33.8 Å². The molecule has 1 aromatic heterocycles. The lowest BCUT2D eigenvalue weighted by Crippen LogP contribution is -2.16. The summed E-state index contributed by atoms with van der Waals surface area (Å²) in [5.74, 6) is 3.38. The van der Waals surface area contributed by atoms with Crippen LogP contribution in [0.5, 0.6) is 0 Å². The summed E-state index contributed by atoms with van der Waals surface area (Å²) in [6, 6.07) is 29.8. The summed E-state index contributed by atoms with van der Waals surface area (Å²) in [6.45, 7) is 13.5. The Hall–Kier alpha value is -3.35. The number of nitrogens with zero attached hydrogens (tertiary/aromatic N) is 2. The number of benzene rings is 3. The number of aromatic nitrogens is 2. The van der Waals surface area contributed by atoms with Gasteiger partial charge in [0, 0.05) is 16.7 Å². The molecular formula is C30H32N2Si. The molecule has 1 heterocycles. The van der Waals surface area contributed by atoms with Gasteiger partial charge >= 0.3 is 0 Å². The van der Waals surface area contributed by atoms with E-state index >= 15 is 0 Å². The summed E-state index contributed by atoms with van der Waals surface area (Å²) in [5, 5.41) is 5.03. The molecule has 0 saturated carbocycles. The Morgan fingerprint density at radius 2 is 1.45 bits per heavy atom. The summed E-state index contributed by atoms with van der Waals surface area (Å²) in [5.41, 5.74) is 11.3. The zero-order valence-electron chi connectivity index (χ0n) is 20.5. The average Bonchev–Trinajstić information content (AvgIpc) is 3.23. The summed E-state index contributed by atoms with van der Waals surface area (Å²) in [7, 11) is -1.43. The summed E-state index contributed by atoms with van der Waals surface area (Å²) in [6.07, 6.45) is 0. The lowest BCUT2D eigenvalue weighted by atomic mass is 9.86. The molecule has 0 fully saturated rings. The molecule has 0 unspecified atom stereocenters. The highest BCUT2D eigenvalue weighted by Crippen LogP contribution is 2.31. The largest absolute Gasteiger partial charge is 0.232 e. The minimum absolute atomic E-state index is 0.126. The smallest absolute Gasteiger partial charge is 0.129 e. The van der Waals surface area contributed by atoms with Crippen molar-refractivity contribution in [1.82, 2.24) is 9.78 Å². The van der Waals surface area contributed by atoms with Gasteiger partial charge in [0.1, 0.15) is 8.07 Å². The minimum atomic E-state index is -1.43. The Balaban J connectivity index is 1.81. The lowest BCUT2D eigenvalue weighted by Gasteiger charge is -2.19. The van der Waals surface area contributed by atoms with E-state index in [1.807, 2.05) is 10.7 Å². The van der Waals surface area contributed by atoms with Crippen LogP contribution in [-0.4, -0.2) is 17.9 Å². The molecule has 166 valence electrons. The molecule has 3 aromatic carbocycles. The molecular weight excluding hydrogens is 416 g/mol. The first-order valence-corrected chi connectivity index (χ1v) is 15.0. The SMILES string of the molecule is CC(C)(C)c1ccc(-c2cc(-c3cccc(C#C[Si](C)(C)C)c3)nn2-c2ccccc2)cc1. The summed E-state index contributed by atoms with van der Waals surface area (Å²) in [4.78, 5) is 0. The van der Waals surface area contributed by atoms with Crippen LogP contribution in [0.2, 0.25) is 19.6 Å².